The second-order valence-corrected chi connectivity index (χ2v) is 9.70. The molecule has 0 radical (unpaired) electrons. The predicted octanol–water partition coefficient (Wildman–Crippen LogP) is 2.70. The van der Waals surface area contributed by atoms with Crippen molar-refractivity contribution in [3.63, 3.8) is 0 Å². The maximum Gasteiger partial charge on any atom is 0.272 e. The van der Waals surface area contributed by atoms with Gasteiger partial charge in [-0.05, 0) is 43.0 Å². The molecule has 8 heteroatoms. The van der Waals surface area contributed by atoms with Crippen molar-refractivity contribution in [2.45, 2.75) is 37.8 Å². The van der Waals surface area contributed by atoms with E-state index in [9.17, 15) is 13.2 Å². The van der Waals surface area contributed by atoms with Crippen molar-refractivity contribution in [2.75, 3.05) is 11.5 Å². The molecule has 0 spiro atoms. The fraction of sp³-hybridized carbons (Fsp3) is 0.444. The Morgan fingerprint density at radius 3 is 2.58 bits per heavy atom. The molecule has 2 fully saturated rings. The molecule has 1 aromatic carbocycles. The van der Waals surface area contributed by atoms with Crippen LogP contribution in [0.3, 0.4) is 0 Å². The third-order valence-corrected chi connectivity index (χ3v) is 6.92. The fourth-order valence-corrected chi connectivity index (χ4v) is 5.16. The average Bonchev–Trinajstić information content (AvgIpc) is 3.25. The third kappa shape index (κ3) is 3.78. The number of hydrogen-bond donors (Lipinski definition) is 1. The molecule has 1 saturated carbocycles. The first-order chi connectivity index (χ1) is 12.4. The highest BCUT2D eigenvalue weighted by atomic mass is 35.5. The number of carbonyl (C=O) groups is 1. The molecule has 2 heterocycles. The van der Waals surface area contributed by atoms with Gasteiger partial charge in [0.05, 0.1) is 17.5 Å². The molecule has 1 unspecified atom stereocenters. The van der Waals surface area contributed by atoms with Gasteiger partial charge >= 0.3 is 0 Å². The van der Waals surface area contributed by atoms with Crippen LogP contribution >= 0.6 is 11.6 Å². The zero-order valence-electron chi connectivity index (χ0n) is 14.2. The van der Waals surface area contributed by atoms with E-state index < -0.39 is 9.84 Å². The fourth-order valence-electron chi connectivity index (χ4n) is 3.34. The summed E-state index contributed by atoms with van der Waals surface area (Å²) < 4.78 is 25.4. The highest BCUT2D eigenvalue weighted by Crippen LogP contribution is 2.42. The van der Waals surface area contributed by atoms with Gasteiger partial charge in [-0.3, -0.25) is 9.48 Å². The van der Waals surface area contributed by atoms with Crippen molar-refractivity contribution in [1.29, 1.82) is 0 Å². The van der Waals surface area contributed by atoms with Gasteiger partial charge in [0, 0.05) is 23.2 Å². The number of nitrogens with one attached hydrogen (secondary N) is 1. The molecule has 0 bridgehead atoms. The Morgan fingerprint density at radius 2 is 1.96 bits per heavy atom. The van der Waals surface area contributed by atoms with Gasteiger partial charge in [0.1, 0.15) is 5.69 Å². The quantitative estimate of drug-likeness (QED) is 0.846. The zero-order valence-corrected chi connectivity index (χ0v) is 15.8. The molecule has 1 aliphatic carbocycles. The van der Waals surface area contributed by atoms with Crippen LogP contribution in [0.2, 0.25) is 5.02 Å². The molecular weight excluding hydrogens is 374 g/mol. The smallest absolute Gasteiger partial charge is 0.272 e. The molecule has 1 atom stereocenters. The maximum atomic E-state index is 12.5. The molecule has 4 rings (SSSR count). The summed E-state index contributed by atoms with van der Waals surface area (Å²) in [5.74, 6) is 0.449. The number of benzene rings is 1. The van der Waals surface area contributed by atoms with E-state index >= 15 is 0 Å². The Hall–Kier alpha value is -1.86. The number of sulfone groups is 1. The predicted molar refractivity (Wildman–Crippen MR) is 99.1 cm³/mol. The summed E-state index contributed by atoms with van der Waals surface area (Å²) in [4.78, 5) is 12.5. The highest BCUT2D eigenvalue weighted by molar-refractivity contribution is 7.91. The van der Waals surface area contributed by atoms with Crippen LogP contribution in [0.5, 0.6) is 0 Å². The van der Waals surface area contributed by atoms with Crippen molar-refractivity contribution >= 4 is 27.3 Å². The minimum Gasteiger partial charge on any atom is -0.347 e. The number of halogens is 1. The normalized spacial score (nSPS) is 21.7. The molecular formula is C18H20ClN3O3S. The van der Waals surface area contributed by atoms with Gasteiger partial charge in [0.2, 0.25) is 0 Å². The maximum absolute atomic E-state index is 12.5. The minimum atomic E-state index is -3.00. The molecule has 2 aliphatic rings. The van der Waals surface area contributed by atoms with Gasteiger partial charge in [-0.15, -0.1) is 0 Å². The molecule has 6 nitrogen and oxygen atoms in total. The Balaban J connectivity index is 1.50. The summed E-state index contributed by atoms with van der Waals surface area (Å²) in [6, 6.07) is 8.95. The van der Waals surface area contributed by atoms with E-state index in [1.165, 1.54) is 0 Å². The summed E-state index contributed by atoms with van der Waals surface area (Å²) in [6.07, 6.45) is 2.70. The zero-order chi connectivity index (χ0) is 18.3. The van der Waals surface area contributed by atoms with Crippen LogP contribution in [0.4, 0.5) is 0 Å². The minimum absolute atomic E-state index is 0.111. The lowest BCUT2D eigenvalue weighted by molar-refractivity contribution is 0.0945. The summed E-state index contributed by atoms with van der Waals surface area (Å²) in [5.41, 5.74) is 2.29. The lowest BCUT2D eigenvalue weighted by Gasteiger charge is -2.12. The van der Waals surface area contributed by atoms with E-state index in [-0.39, 0.29) is 23.5 Å². The van der Waals surface area contributed by atoms with E-state index in [1.807, 2.05) is 18.2 Å². The third-order valence-electron chi connectivity index (χ3n) is 4.91. The van der Waals surface area contributed by atoms with Crippen LogP contribution in [-0.4, -0.2) is 35.6 Å². The van der Waals surface area contributed by atoms with E-state index in [2.05, 4.69) is 10.4 Å². The van der Waals surface area contributed by atoms with E-state index in [4.69, 9.17) is 11.6 Å². The van der Waals surface area contributed by atoms with Crippen LogP contribution in [0.1, 0.15) is 53.0 Å². The van der Waals surface area contributed by atoms with Crippen LogP contribution in [0.15, 0.2) is 30.3 Å². The van der Waals surface area contributed by atoms with Crippen molar-refractivity contribution in [3.8, 4) is 0 Å². The number of carbonyl (C=O) groups excluding carboxylic acids is 1. The first kappa shape index (κ1) is 17.5. The van der Waals surface area contributed by atoms with Crippen molar-refractivity contribution < 1.29 is 13.2 Å². The Kier molecular flexibility index (Phi) is 4.52. The SMILES string of the molecule is O=C(NCc1ccc(Cl)cc1)c1cc(C2CC2)n(C2CCS(=O)(=O)C2)n1. The van der Waals surface area contributed by atoms with Crippen molar-refractivity contribution in [3.05, 3.63) is 52.3 Å². The van der Waals surface area contributed by atoms with Crippen LogP contribution in [0, 0.1) is 0 Å². The average molecular weight is 394 g/mol. The Labute approximate surface area is 157 Å². The Bertz CT molecular complexity index is 933. The Morgan fingerprint density at radius 1 is 1.23 bits per heavy atom. The number of aromatic nitrogens is 2. The monoisotopic (exact) mass is 393 g/mol. The van der Waals surface area contributed by atoms with Gasteiger partial charge in [-0.25, -0.2) is 8.42 Å². The molecule has 1 amide bonds. The van der Waals surface area contributed by atoms with Gasteiger partial charge in [-0.1, -0.05) is 23.7 Å². The van der Waals surface area contributed by atoms with Gasteiger partial charge in [0.15, 0.2) is 9.84 Å². The molecule has 1 N–H and O–H groups in total. The van der Waals surface area contributed by atoms with Crippen LogP contribution in [-0.2, 0) is 16.4 Å². The molecule has 1 saturated heterocycles. The van der Waals surface area contributed by atoms with E-state index in [1.54, 1.807) is 16.8 Å². The lowest BCUT2D eigenvalue weighted by Crippen LogP contribution is -2.24. The molecule has 138 valence electrons. The molecule has 26 heavy (non-hydrogen) atoms. The second kappa shape index (κ2) is 6.70. The van der Waals surface area contributed by atoms with E-state index in [0.29, 0.717) is 29.6 Å². The topological polar surface area (TPSA) is 81.1 Å². The number of amides is 1. The first-order valence-electron chi connectivity index (χ1n) is 8.74. The summed E-state index contributed by atoms with van der Waals surface area (Å²) in [7, 11) is -3.00. The largest absolute Gasteiger partial charge is 0.347 e. The summed E-state index contributed by atoms with van der Waals surface area (Å²) in [6.45, 7) is 0.388. The summed E-state index contributed by atoms with van der Waals surface area (Å²) in [5, 5.41) is 7.98. The molecule has 2 aromatic rings. The molecule has 1 aromatic heterocycles. The van der Waals surface area contributed by atoms with Crippen molar-refractivity contribution in [2.24, 2.45) is 0 Å². The van der Waals surface area contributed by atoms with Crippen molar-refractivity contribution in [1.82, 2.24) is 15.1 Å². The highest BCUT2D eigenvalue weighted by Gasteiger charge is 2.36. The van der Waals surface area contributed by atoms with Crippen LogP contribution in [0.25, 0.3) is 0 Å². The van der Waals surface area contributed by atoms with E-state index in [0.717, 1.165) is 24.1 Å². The second-order valence-electron chi connectivity index (χ2n) is 7.04. The van der Waals surface area contributed by atoms with Crippen LogP contribution < -0.4 is 5.32 Å². The van der Waals surface area contributed by atoms with Gasteiger partial charge < -0.3 is 5.32 Å². The number of nitrogens with zero attached hydrogens (tertiary/aromatic N) is 2. The molecule has 1 aliphatic heterocycles. The van der Waals surface area contributed by atoms with Gasteiger partial charge in [-0.2, -0.15) is 5.10 Å². The lowest BCUT2D eigenvalue weighted by atomic mass is 10.2. The summed E-state index contributed by atoms with van der Waals surface area (Å²) >= 11 is 5.87. The van der Waals surface area contributed by atoms with Gasteiger partial charge in [0.25, 0.3) is 5.91 Å². The first-order valence-corrected chi connectivity index (χ1v) is 10.9. The number of rotatable bonds is 5. The number of hydrogen-bond acceptors (Lipinski definition) is 4. The standard InChI is InChI=1S/C18H20ClN3O3S/c19-14-5-1-12(2-6-14)10-20-18(23)16-9-17(13-3-4-13)22(21-16)15-7-8-26(24,25)11-15/h1-2,5-6,9,13,15H,3-4,7-8,10-11H2,(H,20,23).